The Bertz CT molecular complexity index is 785. The first-order valence-electron chi connectivity index (χ1n) is 9.05. The molecule has 0 unspecified atom stereocenters. The zero-order valence-electron chi connectivity index (χ0n) is 15.0. The summed E-state index contributed by atoms with van der Waals surface area (Å²) in [5.41, 5.74) is 1.63. The third kappa shape index (κ3) is 5.51. The topological polar surface area (TPSA) is 74.3 Å². The highest BCUT2D eigenvalue weighted by Gasteiger charge is 2.30. The van der Waals surface area contributed by atoms with Crippen LogP contribution in [0.3, 0.4) is 0 Å². The summed E-state index contributed by atoms with van der Waals surface area (Å²) in [6.45, 7) is 1.76. The average Bonchev–Trinajstić information content (AvgIpc) is 2.68. The van der Waals surface area contributed by atoms with Crippen molar-refractivity contribution in [3.05, 3.63) is 60.2 Å². The second-order valence-electron chi connectivity index (χ2n) is 6.60. The van der Waals surface area contributed by atoms with Crippen LogP contribution in [-0.2, 0) is 16.1 Å². The number of amides is 2. The van der Waals surface area contributed by atoms with Crippen LogP contribution >= 0.6 is 0 Å². The van der Waals surface area contributed by atoms with E-state index >= 15 is 0 Å². The van der Waals surface area contributed by atoms with Crippen molar-refractivity contribution in [2.75, 3.05) is 25.0 Å². The van der Waals surface area contributed by atoms with Crippen molar-refractivity contribution < 1.29 is 14.0 Å². The van der Waals surface area contributed by atoms with Crippen molar-refractivity contribution in [2.45, 2.75) is 19.4 Å². The Morgan fingerprint density at radius 2 is 2.15 bits per heavy atom. The molecule has 0 aliphatic carbocycles. The van der Waals surface area contributed by atoms with E-state index in [9.17, 15) is 14.0 Å². The minimum Gasteiger partial charge on any atom is -0.382 e. The number of hydrogen-bond acceptors (Lipinski definition) is 4. The predicted octanol–water partition coefficient (Wildman–Crippen LogP) is 2.19. The lowest BCUT2D eigenvalue weighted by Gasteiger charge is -2.32. The maximum absolute atomic E-state index is 13.3. The number of anilines is 1. The van der Waals surface area contributed by atoms with Gasteiger partial charge < -0.3 is 15.5 Å². The van der Waals surface area contributed by atoms with E-state index in [2.05, 4.69) is 15.6 Å². The molecule has 1 fully saturated rings. The first kappa shape index (κ1) is 18.8. The molecule has 1 aliphatic rings. The van der Waals surface area contributed by atoms with E-state index in [1.165, 1.54) is 12.1 Å². The van der Waals surface area contributed by atoms with Crippen molar-refractivity contribution in [2.24, 2.45) is 5.92 Å². The molecule has 0 radical (unpaired) electrons. The van der Waals surface area contributed by atoms with E-state index < -0.39 is 0 Å². The number of rotatable bonds is 7. The van der Waals surface area contributed by atoms with Gasteiger partial charge in [0.25, 0.3) is 0 Å². The van der Waals surface area contributed by atoms with Crippen LogP contribution in [0.15, 0.2) is 48.8 Å². The number of benzene rings is 1. The summed E-state index contributed by atoms with van der Waals surface area (Å²) in [5, 5.41) is 6.09. The summed E-state index contributed by atoms with van der Waals surface area (Å²) in [4.78, 5) is 30.2. The second kappa shape index (κ2) is 9.12. The molecule has 1 aromatic carbocycles. The monoisotopic (exact) mass is 370 g/mol. The van der Waals surface area contributed by atoms with Crippen LogP contribution < -0.4 is 10.6 Å². The summed E-state index contributed by atoms with van der Waals surface area (Å²) in [6.07, 6.45) is 4.30. The van der Waals surface area contributed by atoms with Crippen LogP contribution in [-0.4, -0.2) is 41.3 Å². The largest absolute Gasteiger partial charge is 0.382 e. The number of carbonyl (C=O) groups is 2. The molecule has 2 heterocycles. The molecule has 0 spiro atoms. The van der Waals surface area contributed by atoms with Gasteiger partial charge in [-0.2, -0.15) is 0 Å². The van der Waals surface area contributed by atoms with E-state index in [0.29, 0.717) is 39.0 Å². The molecule has 1 aromatic heterocycles. The summed E-state index contributed by atoms with van der Waals surface area (Å²) in [7, 11) is 0. The number of piperidine rings is 1. The minimum absolute atomic E-state index is 0.00144. The standard InChI is InChI=1S/C20H23FN4O2/c21-17-4-1-3-15(11-17)13-25-14-16(6-7-19(25)26)20(27)24-10-9-23-18-5-2-8-22-12-18/h1-5,8,11-12,16,23H,6-7,9-10,13-14H2,(H,24,27)/t16-/m0/s1. The maximum atomic E-state index is 13.3. The molecule has 27 heavy (non-hydrogen) atoms. The molecule has 2 amide bonds. The number of likely N-dealkylation sites (tertiary alicyclic amines) is 1. The molecule has 1 aliphatic heterocycles. The van der Waals surface area contributed by atoms with E-state index in [1.807, 2.05) is 12.1 Å². The molecule has 6 nitrogen and oxygen atoms in total. The molecule has 3 rings (SSSR count). The fourth-order valence-electron chi connectivity index (χ4n) is 3.14. The number of hydrogen-bond donors (Lipinski definition) is 2. The Labute approximate surface area is 157 Å². The fourth-order valence-corrected chi connectivity index (χ4v) is 3.14. The normalized spacial score (nSPS) is 16.9. The van der Waals surface area contributed by atoms with Crippen molar-refractivity contribution in [1.82, 2.24) is 15.2 Å². The van der Waals surface area contributed by atoms with E-state index in [4.69, 9.17) is 0 Å². The Hall–Kier alpha value is -2.96. The van der Waals surface area contributed by atoms with Gasteiger partial charge in [-0.3, -0.25) is 14.6 Å². The highest BCUT2D eigenvalue weighted by molar-refractivity contribution is 5.83. The number of halogens is 1. The Kier molecular flexibility index (Phi) is 6.35. The molecule has 0 bridgehead atoms. The van der Waals surface area contributed by atoms with Gasteiger partial charge in [0.15, 0.2) is 0 Å². The first-order valence-corrected chi connectivity index (χ1v) is 9.05. The highest BCUT2D eigenvalue weighted by Crippen LogP contribution is 2.20. The molecular weight excluding hydrogens is 347 g/mol. The predicted molar refractivity (Wildman–Crippen MR) is 100 cm³/mol. The van der Waals surface area contributed by atoms with E-state index in [0.717, 1.165) is 11.3 Å². The molecule has 1 saturated heterocycles. The van der Waals surface area contributed by atoms with Crippen LogP contribution in [0.25, 0.3) is 0 Å². The summed E-state index contributed by atoms with van der Waals surface area (Å²) < 4.78 is 13.3. The number of nitrogens with zero attached hydrogens (tertiary/aromatic N) is 2. The highest BCUT2D eigenvalue weighted by atomic mass is 19.1. The molecule has 0 saturated carbocycles. The van der Waals surface area contributed by atoms with Gasteiger partial charge in [0.05, 0.1) is 11.6 Å². The van der Waals surface area contributed by atoms with Crippen molar-refractivity contribution in [3.8, 4) is 0 Å². The zero-order chi connectivity index (χ0) is 19.1. The first-order chi connectivity index (χ1) is 13.1. The minimum atomic E-state index is -0.327. The lowest BCUT2D eigenvalue weighted by molar-refractivity contribution is -0.138. The summed E-state index contributed by atoms with van der Waals surface area (Å²) in [5.74, 6) is -0.622. The number of carbonyl (C=O) groups excluding carboxylic acids is 2. The van der Waals surface area contributed by atoms with Crippen molar-refractivity contribution in [1.29, 1.82) is 0 Å². The average molecular weight is 370 g/mol. The Morgan fingerprint density at radius 3 is 2.93 bits per heavy atom. The van der Waals surface area contributed by atoms with Gasteiger partial charge in [-0.1, -0.05) is 12.1 Å². The van der Waals surface area contributed by atoms with Crippen LogP contribution in [0.5, 0.6) is 0 Å². The molecule has 142 valence electrons. The van der Waals surface area contributed by atoms with Crippen LogP contribution in [0.2, 0.25) is 0 Å². The summed E-state index contributed by atoms with van der Waals surface area (Å²) >= 11 is 0. The van der Waals surface area contributed by atoms with Crippen LogP contribution in [0, 0.1) is 11.7 Å². The number of aromatic nitrogens is 1. The molecular formula is C20H23FN4O2. The molecule has 1 atom stereocenters. The molecule has 7 heteroatoms. The third-order valence-electron chi connectivity index (χ3n) is 4.55. The lowest BCUT2D eigenvalue weighted by atomic mass is 9.96. The van der Waals surface area contributed by atoms with Crippen molar-refractivity contribution >= 4 is 17.5 Å². The van der Waals surface area contributed by atoms with Gasteiger partial charge in [-0.15, -0.1) is 0 Å². The quantitative estimate of drug-likeness (QED) is 0.733. The van der Waals surface area contributed by atoms with Gasteiger partial charge in [0, 0.05) is 45.0 Å². The third-order valence-corrected chi connectivity index (χ3v) is 4.55. The van der Waals surface area contributed by atoms with E-state index in [-0.39, 0.29) is 23.5 Å². The smallest absolute Gasteiger partial charge is 0.224 e. The van der Waals surface area contributed by atoms with Gasteiger partial charge in [-0.05, 0) is 36.2 Å². The summed E-state index contributed by atoms with van der Waals surface area (Å²) in [6, 6.07) is 9.94. The number of pyridine rings is 1. The SMILES string of the molecule is O=C(NCCNc1cccnc1)[C@H]1CCC(=O)N(Cc2cccc(F)c2)C1. The zero-order valence-corrected chi connectivity index (χ0v) is 15.0. The van der Waals surface area contributed by atoms with Gasteiger partial charge in [-0.25, -0.2) is 4.39 Å². The maximum Gasteiger partial charge on any atom is 0.224 e. The van der Waals surface area contributed by atoms with E-state index in [1.54, 1.807) is 29.4 Å². The Balaban J connectivity index is 1.46. The van der Waals surface area contributed by atoms with Crippen LogP contribution in [0.4, 0.5) is 10.1 Å². The van der Waals surface area contributed by atoms with Gasteiger partial charge in [0.2, 0.25) is 11.8 Å². The molecule has 2 N–H and O–H groups in total. The molecule has 2 aromatic rings. The Morgan fingerprint density at radius 1 is 1.26 bits per heavy atom. The van der Waals surface area contributed by atoms with Crippen molar-refractivity contribution in [3.63, 3.8) is 0 Å². The number of nitrogens with one attached hydrogen (secondary N) is 2. The second-order valence-corrected chi connectivity index (χ2v) is 6.60. The lowest BCUT2D eigenvalue weighted by Crippen LogP contribution is -2.46. The van der Waals surface area contributed by atoms with Gasteiger partial charge in [0.1, 0.15) is 5.82 Å². The van der Waals surface area contributed by atoms with Gasteiger partial charge >= 0.3 is 0 Å². The van der Waals surface area contributed by atoms with Crippen LogP contribution in [0.1, 0.15) is 18.4 Å². The fraction of sp³-hybridized carbons (Fsp3) is 0.350.